The second kappa shape index (κ2) is 5.85. The third-order valence-corrected chi connectivity index (χ3v) is 4.57. The molecule has 17 heavy (non-hydrogen) atoms. The summed E-state index contributed by atoms with van der Waals surface area (Å²) in [5.74, 6) is 2.34. The molecule has 3 unspecified atom stereocenters. The van der Waals surface area contributed by atoms with Crippen LogP contribution in [-0.2, 0) is 4.79 Å². The second-order valence-electron chi connectivity index (χ2n) is 5.98. The Morgan fingerprint density at radius 2 is 2.00 bits per heavy atom. The van der Waals surface area contributed by atoms with E-state index in [2.05, 4.69) is 11.8 Å². The smallest absolute Gasteiger partial charge is 0.222 e. The first-order chi connectivity index (χ1) is 8.20. The van der Waals surface area contributed by atoms with Crippen LogP contribution in [0.15, 0.2) is 0 Å². The average molecular weight is 238 g/mol. The molecule has 0 spiro atoms. The lowest BCUT2D eigenvalue weighted by atomic mass is 9.75. The summed E-state index contributed by atoms with van der Waals surface area (Å²) in [5.41, 5.74) is 5.59. The van der Waals surface area contributed by atoms with E-state index in [4.69, 9.17) is 5.73 Å². The fourth-order valence-electron chi connectivity index (χ4n) is 3.34. The number of amides is 1. The highest BCUT2D eigenvalue weighted by Gasteiger charge is 2.32. The van der Waals surface area contributed by atoms with Crippen molar-refractivity contribution in [3.63, 3.8) is 0 Å². The Morgan fingerprint density at radius 1 is 1.29 bits per heavy atom. The third-order valence-electron chi connectivity index (χ3n) is 4.57. The minimum atomic E-state index is 0.326. The highest BCUT2D eigenvalue weighted by atomic mass is 16.2. The minimum absolute atomic E-state index is 0.326. The molecule has 0 aromatic rings. The largest absolute Gasteiger partial charge is 0.342 e. The van der Waals surface area contributed by atoms with Crippen molar-refractivity contribution in [3.05, 3.63) is 0 Å². The first-order valence-corrected chi connectivity index (χ1v) is 7.18. The summed E-state index contributed by atoms with van der Waals surface area (Å²) in [5, 5.41) is 0. The van der Waals surface area contributed by atoms with Gasteiger partial charge in [0.15, 0.2) is 0 Å². The summed E-state index contributed by atoms with van der Waals surface area (Å²) >= 11 is 0. The maximum absolute atomic E-state index is 12.1. The molecule has 1 amide bonds. The molecule has 3 heteroatoms. The monoisotopic (exact) mass is 238 g/mol. The summed E-state index contributed by atoms with van der Waals surface area (Å²) in [6.45, 7) is 4.68. The molecule has 1 aliphatic carbocycles. The molecular formula is C14H26N2O. The predicted molar refractivity (Wildman–Crippen MR) is 69.5 cm³/mol. The number of hydrogen-bond acceptors (Lipinski definition) is 2. The molecule has 0 bridgehead atoms. The maximum Gasteiger partial charge on any atom is 0.222 e. The van der Waals surface area contributed by atoms with Crippen LogP contribution in [0.4, 0.5) is 0 Å². The van der Waals surface area contributed by atoms with Gasteiger partial charge in [0.05, 0.1) is 0 Å². The van der Waals surface area contributed by atoms with Gasteiger partial charge in [-0.2, -0.15) is 0 Å². The van der Waals surface area contributed by atoms with Gasteiger partial charge >= 0.3 is 0 Å². The van der Waals surface area contributed by atoms with E-state index in [1.807, 2.05) is 0 Å². The fraction of sp³-hybridized carbons (Fsp3) is 0.929. The van der Waals surface area contributed by atoms with Crippen LogP contribution in [0, 0.1) is 17.8 Å². The normalized spacial score (nSPS) is 30.8. The zero-order valence-electron chi connectivity index (χ0n) is 11.0. The molecule has 3 atom stereocenters. The van der Waals surface area contributed by atoms with E-state index < -0.39 is 0 Å². The SMILES string of the molecule is CC(CN)CC(=O)N1CCC2CCCCC2C1. The van der Waals surface area contributed by atoms with Crippen molar-refractivity contribution in [2.75, 3.05) is 19.6 Å². The van der Waals surface area contributed by atoms with Crippen molar-refractivity contribution in [1.82, 2.24) is 4.90 Å². The van der Waals surface area contributed by atoms with Gasteiger partial charge in [-0.15, -0.1) is 0 Å². The molecule has 2 rings (SSSR count). The Bertz CT molecular complexity index is 267. The molecule has 1 aliphatic heterocycles. The third kappa shape index (κ3) is 3.21. The van der Waals surface area contributed by atoms with Crippen molar-refractivity contribution < 1.29 is 4.79 Å². The lowest BCUT2D eigenvalue weighted by Gasteiger charge is -2.41. The van der Waals surface area contributed by atoms with Crippen LogP contribution in [-0.4, -0.2) is 30.4 Å². The molecule has 1 saturated heterocycles. The predicted octanol–water partition coefficient (Wildman–Crippen LogP) is 2.01. The molecule has 1 heterocycles. The fourth-order valence-corrected chi connectivity index (χ4v) is 3.34. The van der Waals surface area contributed by atoms with Gasteiger partial charge in [0.25, 0.3) is 0 Å². The van der Waals surface area contributed by atoms with Crippen LogP contribution in [0.3, 0.4) is 0 Å². The summed E-state index contributed by atoms with van der Waals surface area (Å²) < 4.78 is 0. The molecule has 0 aromatic carbocycles. The number of piperidine rings is 1. The highest BCUT2D eigenvalue weighted by molar-refractivity contribution is 5.76. The first kappa shape index (κ1) is 12.9. The Hall–Kier alpha value is -0.570. The molecule has 2 fully saturated rings. The molecule has 0 radical (unpaired) electrons. The number of nitrogens with two attached hydrogens (primary N) is 1. The molecule has 3 nitrogen and oxygen atoms in total. The van der Waals surface area contributed by atoms with Crippen molar-refractivity contribution in [3.8, 4) is 0 Å². The number of carbonyl (C=O) groups excluding carboxylic acids is 1. The Kier molecular flexibility index (Phi) is 4.43. The molecule has 2 N–H and O–H groups in total. The summed E-state index contributed by atoms with van der Waals surface area (Å²) in [4.78, 5) is 14.2. The van der Waals surface area contributed by atoms with Crippen molar-refractivity contribution in [2.24, 2.45) is 23.5 Å². The van der Waals surface area contributed by atoms with Crippen LogP contribution in [0.25, 0.3) is 0 Å². The zero-order chi connectivity index (χ0) is 12.3. The number of rotatable bonds is 3. The van der Waals surface area contributed by atoms with Gasteiger partial charge in [0, 0.05) is 19.5 Å². The van der Waals surface area contributed by atoms with Gasteiger partial charge in [-0.3, -0.25) is 4.79 Å². The lowest BCUT2D eigenvalue weighted by molar-refractivity contribution is -0.135. The van der Waals surface area contributed by atoms with Crippen LogP contribution in [0.5, 0.6) is 0 Å². The van der Waals surface area contributed by atoms with Gasteiger partial charge in [0.1, 0.15) is 0 Å². The van der Waals surface area contributed by atoms with Crippen LogP contribution in [0.1, 0.15) is 45.4 Å². The van der Waals surface area contributed by atoms with Gasteiger partial charge in [-0.25, -0.2) is 0 Å². The molecule has 2 aliphatic rings. The van der Waals surface area contributed by atoms with Crippen molar-refractivity contribution in [1.29, 1.82) is 0 Å². The number of fused-ring (bicyclic) bond motifs is 1. The Morgan fingerprint density at radius 3 is 2.71 bits per heavy atom. The number of likely N-dealkylation sites (tertiary alicyclic amines) is 1. The van der Waals surface area contributed by atoms with Crippen LogP contribution in [0.2, 0.25) is 0 Å². The van der Waals surface area contributed by atoms with Gasteiger partial charge in [-0.05, 0) is 37.1 Å². The summed E-state index contributed by atoms with van der Waals surface area (Å²) in [7, 11) is 0. The van der Waals surface area contributed by atoms with E-state index in [-0.39, 0.29) is 0 Å². The zero-order valence-corrected chi connectivity index (χ0v) is 11.0. The summed E-state index contributed by atoms with van der Waals surface area (Å²) in [6, 6.07) is 0. The van der Waals surface area contributed by atoms with Gasteiger partial charge in [0.2, 0.25) is 5.91 Å². The Labute approximate surface area is 105 Å². The van der Waals surface area contributed by atoms with E-state index in [0.29, 0.717) is 24.8 Å². The number of hydrogen-bond donors (Lipinski definition) is 1. The average Bonchev–Trinajstić information content (AvgIpc) is 2.38. The molecule has 1 saturated carbocycles. The Balaban J connectivity index is 1.84. The highest BCUT2D eigenvalue weighted by Crippen LogP contribution is 2.36. The lowest BCUT2D eigenvalue weighted by Crippen LogP contribution is -2.45. The quantitative estimate of drug-likeness (QED) is 0.817. The molecule has 0 aromatic heterocycles. The number of nitrogens with zero attached hydrogens (tertiary/aromatic N) is 1. The van der Waals surface area contributed by atoms with Gasteiger partial charge in [-0.1, -0.05) is 26.2 Å². The van der Waals surface area contributed by atoms with Crippen LogP contribution < -0.4 is 5.73 Å². The topological polar surface area (TPSA) is 46.3 Å². The number of carbonyl (C=O) groups is 1. The maximum atomic E-state index is 12.1. The van der Waals surface area contributed by atoms with Crippen LogP contribution >= 0.6 is 0 Å². The van der Waals surface area contributed by atoms with Gasteiger partial charge < -0.3 is 10.6 Å². The van der Waals surface area contributed by atoms with E-state index in [9.17, 15) is 4.79 Å². The van der Waals surface area contributed by atoms with Crippen molar-refractivity contribution >= 4 is 5.91 Å². The standard InChI is InChI=1S/C14H26N2O/c1-11(9-15)8-14(17)16-7-6-12-4-2-3-5-13(12)10-16/h11-13H,2-10,15H2,1H3. The van der Waals surface area contributed by atoms with E-state index in [1.54, 1.807) is 0 Å². The van der Waals surface area contributed by atoms with Crippen molar-refractivity contribution in [2.45, 2.75) is 45.4 Å². The van der Waals surface area contributed by atoms with E-state index in [1.165, 1.54) is 32.1 Å². The first-order valence-electron chi connectivity index (χ1n) is 7.18. The van der Waals surface area contributed by atoms with E-state index in [0.717, 1.165) is 24.9 Å². The minimum Gasteiger partial charge on any atom is -0.342 e. The molecular weight excluding hydrogens is 212 g/mol. The summed E-state index contributed by atoms with van der Waals surface area (Å²) in [6.07, 6.45) is 7.36. The molecule has 98 valence electrons. The van der Waals surface area contributed by atoms with E-state index >= 15 is 0 Å². The second-order valence-corrected chi connectivity index (χ2v) is 5.98.